The lowest BCUT2D eigenvalue weighted by molar-refractivity contribution is -0.136. The van der Waals surface area contributed by atoms with E-state index in [4.69, 9.17) is 5.11 Å². The molecule has 0 aliphatic carbocycles. The van der Waals surface area contributed by atoms with E-state index < -0.39 is 5.97 Å². The van der Waals surface area contributed by atoms with Crippen LogP contribution in [0, 0.1) is 6.92 Å². The van der Waals surface area contributed by atoms with Gasteiger partial charge in [-0.3, -0.25) is 4.79 Å². The first kappa shape index (κ1) is 13.5. The fourth-order valence-corrected chi connectivity index (χ4v) is 2.21. The Kier molecular flexibility index (Phi) is 5.48. The minimum absolute atomic E-state index is 0.0581. The number of carboxylic acid groups (broad SMARTS) is 1. The Morgan fingerprint density at radius 2 is 2.06 bits per heavy atom. The van der Waals surface area contributed by atoms with Gasteiger partial charge in [0.15, 0.2) is 0 Å². The number of carboxylic acids is 1. The normalized spacial score (nSPS) is 9.94. The minimum atomic E-state index is -0.917. The second kappa shape index (κ2) is 6.90. The van der Waals surface area contributed by atoms with Crippen molar-refractivity contribution >= 4 is 23.3 Å². The number of urea groups is 1. The number of aliphatic carboxylic acids is 1. The maximum Gasteiger partial charge on any atom is 0.314 e. The molecule has 0 spiro atoms. The maximum absolute atomic E-state index is 11.2. The van der Waals surface area contributed by atoms with Crippen LogP contribution in [0.5, 0.6) is 0 Å². The first-order chi connectivity index (χ1) is 8.09. The molecule has 1 heterocycles. The molecule has 0 aromatic carbocycles. The van der Waals surface area contributed by atoms with Crippen LogP contribution in [0.2, 0.25) is 0 Å². The van der Waals surface area contributed by atoms with Crippen molar-refractivity contribution in [3.63, 3.8) is 0 Å². The zero-order valence-electron chi connectivity index (χ0n) is 9.66. The van der Waals surface area contributed by atoms with Gasteiger partial charge in [-0.2, -0.15) is 0 Å². The second-order valence-corrected chi connectivity index (χ2v) is 4.60. The molecular formula is C11H16N2O3S. The number of hydrogen-bond acceptors (Lipinski definition) is 3. The van der Waals surface area contributed by atoms with Gasteiger partial charge in [0, 0.05) is 18.0 Å². The smallest absolute Gasteiger partial charge is 0.314 e. The Labute approximate surface area is 104 Å². The average molecular weight is 256 g/mol. The third-order valence-electron chi connectivity index (χ3n) is 2.23. The lowest BCUT2D eigenvalue weighted by Gasteiger charge is -2.06. The molecule has 94 valence electrons. The van der Waals surface area contributed by atoms with Crippen molar-refractivity contribution < 1.29 is 14.7 Å². The molecule has 0 bridgehead atoms. The number of carbonyl (C=O) groups excluding carboxylic acids is 1. The highest BCUT2D eigenvalue weighted by Gasteiger charge is 2.03. The zero-order valence-corrected chi connectivity index (χ0v) is 10.5. The summed E-state index contributed by atoms with van der Waals surface area (Å²) in [4.78, 5) is 22.7. The molecule has 0 atom stereocenters. The Balaban J connectivity index is 2.12. The lowest BCUT2D eigenvalue weighted by Crippen LogP contribution is -2.37. The molecule has 3 N–H and O–H groups in total. The van der Waals surface area contributed by atoms with Crippen molar-refractivity contribution in [3.05, 3.63) is 21.9 Å². The van der Waals surface area contributed by atoms with Gasteiger partial charge in [0.1, 0.15) is 0 Å². The van der Waals surface area contributed by atoms with Gasteiger partial charge in [0.25, 0.3) is 0 Å². The van der Waals surface area contributed by atoms with Gasteiger partial charge in [-0.15, -0.1) is 11.3 Å². The fraction of sp³-hybridized carbons (Fsp3) is 0.455. The number of rotatable bonds is 6. The van der Waals surface area contributed by atoms with Crippen LogP contribution in [0.3, 0.4) is 0 Å². The molecule has 6 heteroatoms. The zero-order chi connectivity index (χ0) is 12.7. The summed E-state index contributed by atoms with van der Waals surface area (Å²) >= 11 is 1.67. The summed E-state index contributed by atoms with van der Waals surface area (Å²) in [5.41, 5.74) is 1.24. The van der Waals surface area contributed by atoms with Gasteiger partial charge in [-0.25, -0.2) is 4.79 Å². The number of carbonyl (C=O) groups is 2. The summed E-state index contributed by atoms with van der Waals surface area (Å²) in [6, 6.07) is 1.73. The lowest BCUT2D eigenvalue weighted by atomic mass is 10.2. The topological polar surface area (TPSA) is 78.4 Å². The van der Waals surface area contributed by atoms with Crippen LogP contribution in [0.4, 0.5) is 4.79 Å². The molecule has 0 aliphatic rings. The molecule has 5 nitrogen and oxygen atoms in total. The van der Waals surface area contributed by atoms with Crippen LogP contribution >= 0.6 is 11.3 Å². The molecule has 0 radical (unpaired) electrons. The van der Waals surface area contributed by atoms with Gasteiger partial charge in [-0.1, -0.05) is 0 Å². The predicted octanol–water partition coefficient (Wildman–Crippen LogP) is 1.37. The third-order valence-corrected chi connectivity index (χ3v) is 3.31. The number of nitrogens with one attached hydrogen (secondary N) is 2. The summed E-state index contributed by atoms with van der Waals surface area (Å²) in [6.07, 6.45) is 0.743. The van der Waals surface area contributed by atoms with Crippen molar-refractivity contribution in [1.82, 2.24) is 10.6 Å². The van der Waals surface area contributed by atoms with E-state index in [-0.39, 0.29) is 19.0 Å². The van der Waals surface area contributed by atoms with Gasteiger partial charge in [-0.05, 0) is 30.4 Å². The summed E-state index contributed by atoms with van der Waals surface area (Å²) in [7, 11) is 0. The van der Waals surface area contributed by atoms with E-state index in [0.29, 0.717) is 6.54 Å². The molecule has 0 fully saturated rings. The monoisotopic (exact) mass is 256 g/mol. The van der Waals surface area contributed by atoms with Crippen LogP contribution in [0.1, 0.15) is 16.9 Å². The van der Waals surface area contributed by atoms with E-state index in [9.17, 15) is 9.59 Å². The molecule has 17 heavy (non-hydrogen) atoms. The van der Waals surface area contributed by atoms with Crippen LogP contribution < -0.4 is 10.6 Å². The summed E-state index contributed by atoms with van der Waals surface area (Å²) in [6.45, 7) is 2.75. The summed E-state index contributed by atoms with van der Waals surface area (Å²) in [5.74, 6) is -0.917. The first-order valence-corrected chi connectivity index (χ1v) is 6.24. The third kappa shape index (κ3) is 5.35. The Morgan fingerprint density at radius 1 is 1.35 bits per heavy atom. The Hall–Kier alpha value is -1.56. The molecular weight excluding hydrogens is 240 g/mol. The van der Waals surface area contributed by atoms with Crippen LogP contribution in [-0.4, -0.2) is 30.2 Å². The van der Waals surface area contributed by atoms with E-state index in [1.807, 2.05) is 18.4 Å². The van der Waals surface area contributed by atoms with Crippen LogP contribution in [-0.2, 0) is 11.2 Å². The molecule has 0 aliphatic heterocycles. The van der Waals surface area contributed by atoms with Gasteiger partial charge in [0.2, 0.25) is 0 Å². The van der Waals surface area contributed by atoms with Crippen molar-refractivity contribution in [2.24, 2.45) is 0 Å². The standard InChI is InChI=1S/C11H16N2O3S/c1-8-4-7-17-9(8)2-5-12-11(16)13-6-3-10(14)15/h4,7H,2-3,5-6H2,1H3,(H,14,15)(H2,12,13,16). The highest BCUT2D eigenvalue weighted by atomic mass is 32.1. The first-order valence-electron chi connectivity index (χ1n) is 5.36. The summed E-state index contributed by atoms with van der Waals surface area (Å²) in [5, 5.41) is 15.6. The summed E-state index contributed by atoms with van der Waals surface area (Å²) < 4.78 is 0. The molecule has 2 amide bonds. The van der Waals surface area contributed by atoms with E-state index in [1.54, 1.807) is 11.3 Å². The molecule has 1 aromatic heterocycles. The van der Waals surface area contributed by atoms with Gasteiger partial charge < -0.3 is 15.7 Å². The van der Waals surface area contributed by atoms with E-state index in [0.717, 1.165) is 6.42 Å². The SMILES string of the molecule is Cc1ccsc1CCNC(=O)NCCC(=O)O. The van der Waals surface area contributed by atoms with Crippen molar-refractivity contribution in [2.45, 2.75) is 19.8 Å². The quantitative estimate of drug-likeness (QED) is 0.719. The second-order valence-electron chi connectivity index (χ2n) is 3.60. The molecule has 0 unspecified atom stereocenters. The van der Waals surface area contributed by atoms with Crippen molar-refractivity contribution in [1.29, 1.82) is 0 Å². The van der Waals surface area contributed by atoms with Crippen molar-refractivity contribution in [3.8, 4) is 0 Å². The van der Waals surface area contributed by atoms with Crippen LogP contribution in [0.15, 0.2) is 11.4 Å². The average Bonchev–Trinajstić information content (AvgIpc) is 2.64. The Morgan fingerprint density at radius 3 is 2.65 bits per heavy atom. The van der Waals surface area contributed by atoms with Gasteiger partial charge >= 0.3 is 12.0 Å². The number of thiophene rings is 1. The molecule has 1 rings (SSSR count). The number of aryl methyl sites for hydroxylation is 1. The fourth-order valence-electron chi connectivity index (χ4n) is 1.30. The maximum atomic E-state index is 11.2. The number of amides is 2. The molecule has 0 saturated heterocycles. The van der Waals surface area contributed by atoms with Crippen molar-refractivity contribution in [2.75, 3.05) is 13.1 Å². The van der Waals surface area contributed by atoms with E-state index in [2.05, 4.69) is 10.6 Å². The largest absolute Gasteiger partial charge is 0.481 e. The Bertz CT molecular complexity index is 390. The highest BCUT2D eigenvalue weighted by molar-refractivity contribution is 7.10. The van der Waals surface area contributed by atoms with E-state index >= 15 is 0 Å². The predicted molar refractivity (Wildman–Crippen MR) is 66.4 cm³/mol. The minimum Gasteiger partial charge on any atom is -0.481 e. The molecule has 1 aromatic rings. The number of hydrogen-bond donors (Lipinski definition) is 3. The molecule has 0 saturated carbocycles. The van der Waals surface area contributed by atoms with Gasteiger partial charge in [0.05, 0.1) is 6.42 Å². The highest BCUT2D eigenvalue weighted by Crippen LogP contribution is 2.15. The van der Waals surface area contributed by atoms with Crippen LogP contribution in [0.25, 0.3) is 0 Å². The van der Waals surface area contributed by atoms with E-state index in [1.165, 1.54) is 10.4 Å².